The molecule has 1 fully saturated rings. The first-order valence-corrected chi connectivity index (χ1v) is 6.59. The van der Waals surface area contributed by atoms with Gasteiger partial charge < -0.3 is 15.2 Å². The number of piperazine rings is 1. The van der Waals surface area contributed by atoms with Gasteiger partial charge in [-0.05, 0) is 18.2 Å². The van der Waals surface area contributed by atoms with Crippen LogP contribution in [0.2, 0.25) is 0 Å². The maximum absolute atomic E-state index is 13.4. The fraction of sp³-hybridized carbons (Fsp3) is 0.538. The number of benzene rings is 1. The van der Waals surface area contributed by atoms with Gasteiger partial charge in [0.15, 0.2) is 0 Å². The van der Waals surface area contributed by atoms with Crippen LogP contribution < -0.4 is 10.1 Å². The normalized spacial score (nSPS) is 18.5. The molecule has 1 aromatic carbocycles. The largest absolute Gasteiger partial charge is 0.573 e. The number of phenols is 1. The minimum Gasteiger partial charge on any atom is -0.508 e. The van der Waals surface area contributed by atoms with E-state index in [4.69, 9.17) is 0 Å². The summed E-state index contributed by atoms with van der Waals surface area (Å²) in [4.78, 5) is 1.42. The molecule has 1 atom stereocenters. The van der Waals surface area contributed by atoms with Crippen molar-refractivity contribution >= 4 is 0 Å². The summed E-state index contributed by atoms with van der Waals surface area (Å²) in [5, 5.41) is 12.8. The molecule has 4 nitrogen and oxygen atoms in total. The van der Waals surface area contributed by atoms with Gasteiger partial charge in [-0.2, -0.15) is 0 Å². The molecule has 0 bridgehead atoms. The Morgan fingerprint density at radius 1 is 1.18 bits per heavy atom. The zero-order valence-electron chi connectivity index (χ0n) is 11.4. The lowest BCUT2D eigenvalue weighted by atomic mass is 10.0. The number of phenolic OH excluding ortho intramolecular Hbond substituents is 1. The molecule has 0 aliphatic carbocycles. The number of halogens is 5. The summed E-state index contributed by atoms with van der Waals surface area (Å²) in [5.41, 5.74) is -0.279. The molecule has 22 heavy (non-hydrogen) atoms. The van der Waals surface area contributed by atoms with Crippen LogP contribution >= 0.6 is 0 Å². The maximum atomic E-state index is 13.4. The summed E-state index contributed by atoms with van der Waals surface area (Å²) < 4.78 is 67.2. The van der Waals surface area contributed by atoms with E-state index in [2.05, 4.69) is 10.1 Å². The molecule has 0 radical (unpaired) electrons. The highest BCUT2D eigenvalue weighted by Gasteiger charge is 2.34. The highest BCUT2D eigenvalue weighted by atomic mass is 19.4. The summed E-state index contributed by atoms with van der Waals surface area (Å²) in [6.07, 6.45) is -7.78. The molecule has 0 saturated carbocycles. The summed E-state index contributed by atoms with van der Waals surface area (Å²) in [6, 6.07) is 1.13. The van der Waals surface area contributed by atoms with Crippen molar-refractivity contribution in [2.75, 3.05) is 26.2 Å². The first kappa shape index (κ1) is 16.8. The monoisotopic (exact) mass is 326 g/mol. The fourth-order valence-corrected chi connectivity index (χ4v) is 2.42. The smallest absolute Gasteiger partial charge is 0.508 e. The van der Waals surface area contributed by atoms with Gasteiger partial charge in [0.1, 0.15) is 17.5 Å². The van der Waals surface area contributed by atoms with E-state index in [0.29, 0.717) is 26.2 Å². The number of nitrogens with one attached hydrogen (secondary N) is 1. The number of hydrogen-bond acceptors (Lipinski definition) is 4. The molecule has 0 amide bonds. The molecule has 1 aliphatic rings. The Labute approximate surface area is 123 Å². The minimum atomic E-state index is -4.93. The molecule has 2 rings (SSSR count). The van der Waals surface area contributed by atoms with Gasteiger partial charge in [0.05, 0.1) is 0 Å². The van der Waals surface area contributed by atoms with Crippen LogP contribution in [0.25, 0.3) is 0 Å². The lowest BCUT2D eigenvalue weighted by Crippen LogP contribution is -2.46. The van der Waals surface area contributed by atoms with Crippen LogP contribution in [0.1, 0.15) is 11.6 Å². The molecule has 1 heterocycles. The lowest BCUT2D eigenvalue weighted by Gasteiger charge is -2.35. The Balaban J connectivity index is 2.31. The Kier molecular flexibility index (Phi) is 5.07. The summed E-state index contributed by atoms with van der Waals surface area (Å²) in [7, 11) is 0. The Bertz CT molecular complexity index is 504. The van der Waals surface area contributed by atoms with Gasteiger partial charge in [-0.1, -0.05) is 0 Å². The number of rotatable bonds is 4. The van der Waals surface area contributed by atoms with Crippen LogP contribution in [-0.2, 0) is 0 Å². The molecule has 0 unspecified atom stereocenters. The third-order valence-corrected chi connectivity index (χ3v) is 3.33. The van der Waals surface area contributed by atoms with Gasteiger partial charge >= 0.3 is 6.36 Å². The van der Waals surface area contributed by atoms with Crippen molar-refractivity contribution in [1.29, 1.82) is 0 Å². The fourth-order valence-electron chi connectivity index (χ4n) is 2.42. The number of nitrogens with zero attached hydrogens (tertiary/aromatic N) is 1. The molecule has 1 saturated heterocycles. The highest BCUT2D eigenvalue weighted by Crippen LogP contribution is 2.37. The second-order valence-electron chi connectivity index (χ2n) is 4.83. The lowest BCUT2D eigenvalue weighted by molar-refractivity contribution is -0.274. The van der Waals surface area contributed by atoms with Gasteiger partial charge in [-0.15, -0.1) is 13.2 Å². The quantitative estimate of drug-likeness (QED) is 0.835. The molecule has 0 aromatic heterocycles. The zero-order chi connectivity index (χ0) is 16.3. The van der Waals surface area contributed by atoms with Gasteiger partial charge in [0.25, 0.3) is 6.43 Å². The van der Waals surface area contributed by atoms with Crippen LogP contribution in [0, 0.1) is 0 Å². The average Bonchev–Trinajstić information content (AvgIpc) is 2.42. The number of alkyl halides is 5. The highest BCUT2D eigenvalue weighted by molar-refractivity contribution is 5.41. The molecule has 124 valence electrons. The predicted molar refractivity (Wildman–Crippen MR) is 68.0 cm³/mol. The van der Waals surface area contributed by atoms with Crippen LogP contribution in [0.4, 0.5) is 22.0 Å². The second kappa shape index (κ2) is 6.66. The van der Waals surface area contributed by atoms with E-state index in [1.807, 2.05) is 0 Å². The van der Waals surface area contributed by atoms with Crippen molar-refractivity contribution < 1.29 is 31.8 Å². The first-order valence-electron chi connectivity index (χ1n) is 6.59. The van der Waals surface area contributed by atoms with Crippen molar-refractivity contribution in [1.82, 2.24) is 10.2 Å². The van der Waals surface area contributed by atoms with Gasteiger partial charge in [0, 0.05) is 31.7 Å². The van der Waals surface area contributed by atoms with Crippen molar-refractivity contribution in [3.8, 4) is 11.5 Å². The molecule has 1 aliphatic heterocycles. The Hall–Kier alpha value is -1.61. The van der Waals surface area contributed by atoms with Crippen LogP contribution in [0.15, 0.2) is 18.2 Å². The van der Waals surface area contributed by atoms with Crippen molar-refractivity contribution in [2.24, 2.45) is 0 Å². The third-order valence-electron chi connectivity index (χ3n) is 3.33. The molecule has 1 aromatic rings. The van der Waals surface area contributed by atoms with Crippen LogP contribution in [0.5, 0.6) is 11.5 Å². The van der Waals surface area contributed by atoms with Crippen molar-refractivity contribution in [3.05, 3.63) is 23.8 Å². The van der Waals surface area contributed by atoms with Gasteiger partial charge in [-0.3, -0.25) is 4.90 Å². The number of ether oxygens (including phenoxy) is 1. The van der Waals surface area contributed by atoms with E-state index in [-0.39, 0.29) is 5.56 Å². The second-order valence-corrected chi connectivity index (χ2v) is 4.83. The van der Waals surface area contributed by atoms with E-state index in [9.17, 15) is 27.1 Å². The van der Waals surface area contributed by atoms with Gasteiger partial charge in [-0.25, -0.2) is 8.78 Å². The summed E-state index contributed by atoms with van der Waals surface area (Å²) >= 11 is 0. The zero-order valence-corrected chi connectivity index (χ0v) is 11.4. The van der Waals surface area contributed by atoms with Crippen molar-refractivity contribution in [2.45, 2.75) is 18.8 Å². The molecule has 2 N–H and O–H groups in total. The first-order chi connectivity index (χ1) is 10.3. The number of hydrogen-bond donors (Lipinski definition) is 2. The van der Waals surface area contributed by atoms with Gasteiger partial charge in [0.2, 0.25) is 0 Å². The topological polar surface area (TPSA) is 44.7 Å². The van der Waals surface area contributed by atoms with E-state index < -0.39 is 30.3 Å². The molecule has 9 heteroatoms. The Morgan fingerprint density at radius 3 is 2.36 bits per heavy atom. The summed E-state index contributed by atoms with van der Waals surface area (Å²) in [6.45, 7) is 1.59. The molecule has 0 spiro atoms. The standard InChI is InChI=1S/C13H15F5N2O2/c14-12(15)11(20-5-3-19-4-6-20)9-7-8(1-2-10(9)21)22-13(16,17)18/h1-2,7,11-12,19,21H,3-6H2/t11-/m1/s1. The summed E-state index contributed by atoms with van der Waals surface area (Å²) in [5.74, 6) is -1.13. The SMILES string of the molecule is Oc1ccc(OC(F)(F)F)cc1[C@H](C(F)F)N1CCNCC1. The van der Waals surface area contributed by atoms with Crippen LogP contribution in [-0.4, -0.2) is 49.0 Å². The third kappa shape index (κ3) is 4.20. The minimum absolute atomic E-state index is 0.279. The number of aromatic hydroxyl groups is 1. The molecular formula is C13H15F5N2O2. The predicted octanol–water partition coefficient (Wildman–Crippen LogP) is 2.50. The van der Waals surface area contributed by atoms with E-state index in [0.717, 1.165) is 18.2 Å². The Morgan fingerprint density at radius 2 is 1.82 bits per heavy atom. The van der Waals surface area contributed by atoms with E-state index >= 15 is 0 Å². The van der Waals surface area contributed by atoms with Crippen molar-refractivity contribution in [3.63, 3.8) is 0 Å². The average molecular weight is 326 g/mol. The molecular weight excluding hydrogens is 311 g/mol. The van der Waals surface area contributed by atoms with E-state index in [1.54, 1.807) is 0 Å². The van der Waals surface area contributed by atoms with Crippen LogP contribution in [0.3, 0.4) is 0 Å². The van der Waals surface area contributed by atoms with E-state index in [1.165, 1.54) is 4.90 Å². The maximum Gasteiger partial charge on any atom is 0.573 e.